The largest absolute Gasteiger partial charge is 0.488 e. The van der Waals surface area contributed by atoms with Crippen molar-refractivity contribution in [1.29, 1.82) is 0 Å². The van der Waals surface area contributed by atoms with E-state index in [0.717, 1.165) is 18.6 Å². The number of para-hydroxylation sites is 2. The third-order valence-corrected chi connectivity index (χ3v) is 4.73. The summed E-state index contributed by atoms with van der Waals surface area (Å²) in [6, 6.07) is 11.1. The lowest BCUT2D eigenvalue weighted by molar-refractivity contribution is -0.147. The molecule has 0 spiro atoms. The molecule has 3 unspecified atom stereocenters. The lowest BCUT2D eigenvalue weighted by Gasteiger charge is -2.38. The monoisotopic (exact) mass is 354 g/mol. The molecule has 26 heavy (non-hydrogen) atoms. The van der Waals surface area contributed by atoms with E-state index in [-0.39, 0.29) is 18.1 Å². The number of pyridine rings is 1. The first kappa shape index (κ1) is 16.7. The van der Waals surface area contributed by atoms with Gasteiger partial charge in [-0.05, 0) is 44.0 Å². The highest BCUT2D eigenvalue weighted by atomic mass is 16.6. The lowest BCUT2D eigenvalue weighted by Crippen LogP contribution is -2.54. The van der Waals surface area contributed by atoms with Gasteiger partial charge in [0.15, 0.2) is 11.5 Å². The average Bonchev–Trinajstić information content (AvgIpc) is 2.68. The number of fused-ring (bicyclic) bond motifs is 1. The van der Waals surface area contributed by atoms with Crippen molar-refractivity contribution in [3.8, 4) is 17.2 Å². The molecule has 6 heteroatoms. The maximum atomic E-state index is 13.0. The molecule has 1 fully saturated rings. The molecule has 1 amide bonds. The number of carbonyl (C=O) groups is 1. The Hall–Kier alpha value is -2.76. The van der Waals surface area contributed by atoms with Crippen molar-refractivity contribution in [2.24, 2.45) is 0 Å². The second-order valence-electron chi connectivity index (χ2n) is 6.66. The molecule has 6 nitrogen and oxygen atoms in total. The Bertz CT molecular complexity index is 767. The van der Waals surface area contributed by atoms with Crippen molar-refractivity contribution in [2.45, 2.75) is 38.1 Å². The zero-order valence-electron chi connectivity index (χ0n) is 14.7. The Morgan fingerprint density at radius 2 is 1.88 bits per heavy atom. The highest BCUT2D eigenvalue weighted by Crippen LogP contribution is 2.34. The van der Waals surface area contributed by atoms with Gasteiger partial charge in [0.1, 0.15) is 18.0 Å². The molecule has 0 bridgehead atoms. The molecule has 136 valence electrons. The maximum Gasteiger partial charge on any atom is 0.267 e. The van der Waals surface area contributed by atoms with Crippen LogP contribution in [0.2, 0.25) is 0 Å². The first-order valence-electron chi connectivity index (χ1n) is 8.98. The second-order valence-corrected chi connectivity index (χ2v) is 6.66. The van der Waals surface area contributed by atoms with Crippen LogP contribution in [0.5, 0.6) is 17.2 Å². The average molecular weight is 354 g/mol. The molecule has 2 aliphatic heterocycles. The molecule has 4 rings (SSSR count). The fourth-order valence-electron chi connectivity index (χ4n) is 3.41. The van der Waals surface area contributed by atoms with E-state index in [1.165, 1.54) is 0 Å². The normalized spacial score (nSPS) is 24.8. The van der Waals surface area contributed by atoms with E-state index in [2.05, 4.69) is 4.98 Å². The molecule has 1 saturated heterocycles. The lowest BCUT2D eigenvalue weighted by atomic mass is 10.1. The summed E-state index contributed by atoms with van der Waals surface area (Å²) in [7, 11) is 0. The molecule has 1 aromatic carbocycles. The number of likely N-dealkylation sites (tertiary alicyclic amines) is 1. The molecule has 1 aromatic heterocycles. The van der Waals surface area contributed by atoms with Crippen LogP contribution >= 0.6 is 0 Å². The van der Waals surface area contributed by atoms with Crippen molar-refractivity contribution < 1.29 is 19.0 Å². The molecule has 3 atom stereocenters. The summed E-state index contributed by atoms with van der Waals surface area (Å²) >= 11 is 0. The van der Waals surface area contributed by atoms with Crippen molar-refractivity contribution in [3.63, 3.8) is 0 Å². The predicted molar refractivity (Wildman–Crippen MR) is 95.4 cm³/mol. The number of aromatic nitrogens is 1. The number of hydrogen-bond donors (Lipinski definition) is 0. The molecule has 0 N–H and O–H groups in total. The van der Waals surface area contributed by atoms with E-state index in [1.807, 2.05) is 48.2 Å². The van der Waals surface area contributed by atoms with Crippen molar-refractivity contribution in [1.82, 2.24) is 9.88 Å². The van der Waals surface area contributed by atoms with Crippen LogP contribution < -0.4 is 14.2 Å². The predicted octanol–water partition coefficient (Wildman–Crippen LogP) is 2.68. The molecular formula is C20H22N2O4. The summed E-state index contributed by atoms with van der Waals surface area (Å²) in [5.41, 5.74) is 0. The van der Waals surface area contributed by atoms with E-state index < -0.39 is 6.10 Å². The highest BCUT2D eigenvalue weighted by molar-refractivity contribution is 5.82. The minimum Gasteiger partial charge on any atom is -0.488 e. The fraction of sp³-hybridized carbons (Fsp3) is 0.400. The van der Waals surface area contributed by atoms with Crippen LogP contribution in [0.15, 0.2) is 48.8 Å². The number of nitrogens with zero attached hydrogens (tertiary/aromatic N) is 2. The Morgan fingerprint density at radius 3 is 2.65 bits per heavy atom. The molecule has 0 saturated carbocycles. The number of benzene rings is 1. The van der Waals surface area contributed by atoms with Crippen LogP contribution in [0.4, 0.5) is 0 Å². The highest BCUT2D eigenvalue weighted by Gasteiger charge is 2.38. The van der Waals surface area contributed by atoms with Crippen LogP contribution in [0.3, 0.4) is 0 Å². The van der Waals surface area contributed by atoms with Gasteiger partial charge in [-0.15, -0.1) is 0 Å². The summed E-state index contributed by atoms with van der Waals surface area (Å²) in [6.45, 7) is 3.13. The summed E-state index contributed by atoms with van der Waals surface area (Å²) in [5, 5.41) is 0. The van der Waals surface area contributed by atoms with E-state index >= 15 is 0 Å². The molecule has 0 aliphatic carbocycles. The Balaban J connectivity index is 1.43. The SMILES string of the molecule is CC1Oc2ccccc2OC1C(=O)N1CCCC(Oc2ccncc2)C1. The third-order valence-electron chi connectivity index (χ3n) is 4.73. The van der Waals surface area contributed by atoms with E-state index in [1.54, 1.807) is 12.4 Å². The molecular weight excluding hydrogens is 332 g/mol. The number of hydrogen-bond acceptors (Lipinski definition) is 5. The first-order valence-corrected chi connectivity index (χ1v) is 8.98. The summed E-state index contributed by atoms with van der Waals surface area (Å²) in [6.07, 6.45) is 4.23. The van der Waals surface area contributed by atoms with Gasteiger partial charge in [0, 0.05) is 18.9 Å². The number of ether oxygens (including phenoxy) is 3. The topological polar surface area (TPSA) is 60.9 Å². The van der Waals surface area contributed by atoms with Gasteiger partial charge in [-0.2, -0.15) is 0 Å². The number of piperidine rings is 1. The second kappa shape index (κ2) is 7.23. The van der Waals surface area contributed by atoms with Crippen molar-refractivity contribution in [2.75, 3.05) is 13.1 Å². The fourth-order valence-corrected chi connectivity index (χ4v) is 3.41. The molecule has 0 radical (unpaired) electrons. The maximum absolute atomic E-state index is 13.0. The van der Waals surface area contributed by atoms with E-state index in [4.69, 9.17) is 14.2 Å². The van der Waals surface area contributed by atoms with Crippen LogP contribution in [-0.4, -0.2) is 47.2 Å². The van der Waals surface area contributed by atoms with Gasteiger partial charge >= 0.3 is 0 Å². The summed E-state index contributed by atoms with van der Waals surface area (Å²) in [4.78, 5) is 18.8. The molecule has 2 aromatic rings. The standard InChI is InChI=1S/C20H22N2O4/c1-14-19(26-18-7-3-2-6-17(18)24-14)20(23)22-12-4-5-16(13-22)25-15-8-10-21-11-9-15/h2-3,6-11,14,16,19H,4-5,12-13H2,1H3. The third kappa shape index (κ3) is 3.45. The summed E-state index contributed by atoms with van der Waals surface area (Å²) < 4.78 is 17.8. The minimum atomic E-state index is -0.635. The van der Waals surface area contributed by atoms with E-state index in [0.29, 0.717) is 24.6 Å². The van der Waals surface area contributed by atoms with Gasteiger partial charge in [-0.25, -0.2) is 0 Å². The number of amides is 1. The Morgan fingerprint density at radius 1 is 1.15 bits per heavy atom. The van der Waals surface area contributed by atoms with Gasteiger partial charge in [-0.1, -0.05) is 12.1 Å². The number of rotatable bonds is 3. The van der Waals surface area contributed by atoms with Crippen molar-refractivity contribution >= 4 is 5.91 Å². The van der Waals surface area contributed by atoms with Crippen LogP contribution in [-0.2, 0) is 4.79 Å². The molecule has 3 heterocycles. The first-order chi connectivity index (χ1) is 12.7. The minimum absolute atomic E-state index is 0.0257. The summed E-state index contributed by atoms with van der Waals surface area (Å²) in [5.74, 6) is 2.03. The zero-order valence-corrected chi connectivity index (χ0v) is 14.7. The van der Waals surface area contributed by atoms with Gasteiger partial charge in [-0.3, -0.25) is 9.78 Å². The number of carbonyl (C=O) groups excluding carboxylic acids is 1. The Labute approximate surface area is 152 Å². The van der Waals surface area contributed by atoms with Crippen LogP contribution in [0.25, 0.3) is 0 Å². The van der Waals surface area contributed by atoms with Gasteiger partial charge < -0.3 is 19.1 Å². The van der Waals surface area contributed by atoms with Gasteiger partial charge in [0.2, 0.25) is 6.10 Å². The van der Waals surface area contributed by atoms with Crippen LogP contribution in [0, 0.1) is 0 Å². The van der Waals surface area contributed by atoms with Crippen LogP contribution in [0.1, 0.15) is 19.8 Å². The van der Waals surface area contributed by atoms with E-state index in [9.17, 15) is 4.79 Å². The van der Waals surface area contributed by atoms with Crippen molar-refractivity contribution in [3.05, 3.63) is 48.8 Å². The van der Waals surface area contributed by atoms with Gasteiger partial charge in [0.05, 0.1) is 6.54 Å². The quantitative estimate of drug-likeness (QED) is 0.848. The van der Waals surface area contributed by atoms with Gasteiger partial charge in [0.25, 0.3) is 5.91 Å². The Kier molecular flexibility index (Phi) is 4.65. The smallest absolute Gasteiger partial charge is 0.267 e. The zero-order chi connectivity index (χ0) is 17.9. The molecule has 2 aliphatic rings.